The number of halogens is 1. The Balaban J connectivity index is 1.25. The fourth-order valence-electron chi connectivity index (χ4n) is 6.09. The standard InChI is InChI=1S/C32H30FN3O/c1-21-28-20-34-36(26-15-13-25(33)14-16-26)30(28)19-24-12-17-27(31(21)24)32(37)35-29(23-10-6-3-7-11-23)18-22-8-4-2-5-9-22/h2-11,13-16,20-21,27,29H,12,17-19H2,1H3,(H,35,37)/t21-,27+,29?/m0/s1. The molecule has 0 fully saturated rings. The molecule has 1 aromatic heterocycles. The summed E-state index contributed by atoms with van der Waals surface area (Å²) in [7, 11) is 0. The first-order valence-electron chi connectivity index (χ1n) is 13.0. The van der Waals surface area contributed by atoms with Gasteiger partial charge in [-0.25, -0.2) is 9.07 Å². The van der Waals surface area contributed by atoms with Gasteiger partial charge in [-0.2, -0.15) is 5.10 Å². The Labute approximate surface area is 216 Å². The lowest BCUT2D eigenvalue weighted by Gasteiger charge is -2.28. The van der Waals surface area contributed by atoms with Crippen molar-refractivity contribution in [3.63, 3.8) is 0 Å². The number of fused-ring (bicyclic) bond motifs is 1. The minimum atomic E-state index is -0.256. The maximum atomic E-state index is 13.8. The van der Waals surface area contributed by atoms with Crippen molar-refractivity contribution in [3.8, 4) is 5.69 Å². The van der Waals surface area contributed by atoms with Crippen molar-refractivity contribution < 1.29 is 9.18 Å². The molecule has 1 unspecified atom stereocenters. The number of rotatable bonds is 6. The Morgan fingerprint density at radius 1 is 1.03 bits per heavy atom. The van der Waals surface area contributed by atoms with E-state index in [2.05, 4.69) is 41.6 Å². The molecule has 2 aliphatic rings. The second-order valence-electron chi connectivity index (χ2n) is 10.1. The molecule has 4 nitrogen and oxygen atoms in total. The SMILES string of the molecule is C[C@@H]1C2=C(CC[C@H]2C(=O)NC(Cc2ccccc2)c2ccccc2)Cc2c1cnn2-c1ccc(F)cc1. The summed E-state index contributed by atoms with van der Waals surface area (Å²) in [6.45, 7) is 2.19. The molecule has 0 aliphatic heterocycles. The van der Waals surface area contributed by atoms with Crippen molar-refractivity contribution in [2.75, 3.05) is 0 Å². The van der Waals surface area contributed by atoms with E-state index in [0.29, 0.717) is 0 Å². The van der Waals surface area contributed by atoms with E-state index < -0.39 is 0 Å². The molecular weight excluding hydrogens is 461 g/mol. The van der Waals surface area contributed by atoms with E-state index >= 15 is 0 Å². The van der Waals surface area contributed by atoms with Gasteiger partial charge in [-0.05, 0) is 54.7 Å². The van der Waals surface area contributed by atoms with Gasteiger partial charge in [-0.1, -0.05) is 78.7 Å². The van der Waals surface area contributed by atoms with Crippen molar-refractivity contribution in [3.05, 3.63) is 130 Å². The Morgan fingerprint density at radius 2 is 1.73 bits per heavy atom. The molecule has 0 bridgehead atoms. The zero-order valence-electron chi connectivity index (χ0n) is 20.9. The lowest BCUT2D eigenvalue weighted by molar-refractivity contribution is -0.124. The highest BCUT2D eigenvalue weighted by Gasteiger charge is 2.39. The van der Waals surface area contributed by atoms with Crippen LogP contribution in [0.2, 0.25) is 0 Å². The maximum absolute atomic E-state index is 13.8. The van der Waals surface area contributed by atoms with E-state index in [1.807, 2.05) is 47.3 Å². The van der Waals surface area contributed by atoms with Crippen LogP contribution in [0.3, 0.4) is 0 Å². The number of nitrogens with zero attached hydrogens (tertiary/aromatic N) is 2. The third-order valence-electron chi connectivity index (χ3n) is 7.92. The summed E-state index contributed by atoms with van der Waals surface area (Å²) in [5.74, 6) is -0.158. The summed E-state index contributed by atoms with van der Waals surface area (Å²) in [5, 5.41) is 8.06. The summed E-state index contributed by atoms with van der Waals surface area (Å²) < 4.78 is 15.4. The molecule has 0 saturated heterocycles. The number of carbonyl (C=O) groups is 1. The van der Waals surface area contributed by atoms with Crippen LogP contribution in [0.15, 0.2) is 102 Å². The third-order valence-corrected chi connectivity index (χ3v) is 7.92. The first-order chi connectivity index (χ1) is 18.1. The predicted molar refractivity (Wildman–Crippen MR) is 143 cm³/mol. The molecule has 5 heteroatoms. The summed E-state index contributed by atoms with van der Waals surface area (Å²) >= 11 is 0. The van der Waals surface area contributed by atoms with Crippen LogP contribution in [0.1, 0.15) is 54.1 Å². The van der Waals surface area contributed by atoms with Crippen molar-refractivity contribution in [1.29, 1.82) is 0 Å². The summed E-state index contributed by atoms with van der Waals surface area (Å²) in [6.07, 6.45) is 5.20. The number of allylic oxidation sites excluding steroid dienone is 1. The average molecular weight is 492 g/mol. The molecule has 1 amide bonds. The second kappa shape index (κ2) is 9.81. The van der Waals surface area contributed by atoms with Crippen molar-refractivity contribution in [1.82, 2.24) is 15.1 Å². The van der Waals surface area contributed by atoms with Gasteiger partial charge in [0.25, 0.3) is 0 Å². The highest BCUT2D eigenvalue weighted by atomic mass is 19.1. The Hall–Kier alpha value is -3.99. The smallest absolute Gasteiger partial charge is 0.227 e. The number of nitrogens with one attached hydrogen (secondary N) is 1. The summed E-state index contributed by atoms with van der Waals surface area (Å²) in [5.41, 5.74) is 8.09. The van der Waals surface area contributed by atoms with Crippen LogP contribution in [-0.2, 0) is 17.6 Å². The molecule has 0 saturated carbocycles. The first-order valence-corrected chi connectivity index (χ1v) is 13.0. The molecule has 1 heterocycles. The minimum Gasteiger partial charge on any atom is -0.348 e. The van der Waals surface area contributed by atoms with Gasteiger partial charge in [0.05, 0.1) is 29.5 Å². The van der Waals surface area contributed by atoms with Gasteiger partial charge in [0.1, 0.15) is 5.82 Å². The third kappa shape index (κ3) is 4.50. The first kappa shape index (κ1) is 23.4. The van der Waals surface area contributed by atoms with Gasteiger partial charge in [0, 0.05) is 17.9 Å². The predicted octanol–water partition coefficient (Wildman–Crippen LogP) is 6.48. The number of benzene rings is 3. The highest BCUT2D eigenvalue weighted by Crippen LogP contribution is 2.47. The normalized spacial score (nSPS) is 19.3. The molecule has 0 radical (unpaired) electrons. The van der Waals surface area contributed by atoms with Crippen molar-refractivity contribution in [2.45, 2.75) is 44.6 Å². The van der Waals surface area contributed by atoms with Crippen LogP contribution < -0.4 is 5.32 Å². The molecule has 6 rings (SSSR count). The molecule has 2 aliphatic carbocycles. The van der Waals surface area contributed by atoms with Gasteiger partial charge in [0.15, 0.2) is 0 Å². The fraction of sp³-hybridized carbons (Fsp3) is 0.250. The number of carbonyl (C=O) groups excluding carboxylic acids is 1. The van der Waals surface area contributed by atoms with Crippen LogP contribution in [-0.4, -0.2) is 15.7 Å². The number of aromatic nitrogens is 2. The number of amides is 1. The monoisotopic (exact) mass is 491 g/mol. The second-order valence-corrected chi connectivity index (χ2v) is 10.1. The molecule has 37 heavy (non-hydrogen) atoms. The van der Waals surface area contributed by atoms with Crippen molar-refractivity contribution >= 4 is 5.91 Å². The van der Waals surface area contributed by atoms with Gasteiger partial charge in [0.2, 0.25) is 5.91 Å². The van der Waals surface area contributed by atoms with E-state index in [9.17, 15) is 9.18 Å². The van der Waals surface area contributed by atoms with Crippen LogP contribution in [0.4, 0.5) is 4.39 Å². The molecule has 3 atom stereocenters. The lowest BCUT2D eigenvalue weighted by Crippen LogP contribution is -2.36. The number of hydrogen-bond donors (Lipinski definition) is 1. The Morgan fingerprint density at radius 3 is 2.46 bits per heavy atom. The van der Waals surface area contributed by atoms with Gasteiger partial charge in [-0.15, -0.1) is 0 Å². The highest BCUT2D eigenvalue weighted by molar-refractivity contribution is 5.83. The molecule has 186 valence electrons. The van der Waals surface area contributed by atoms with Crippen molar-refractivity contribution in [2.24, 2.45) is 5.92 Å². The van der Waals surface area contributed by atoms with E-state index in [1.54, 1.807) is 12.1 Å². The topological polar surface area (TPSA) is 46.9 Å². The maximum Gasteiger partial charge on any atom is 0.227 e. The van der Waals surface area contributed by atoms with E-state index in [1.165, 1.54) is 28.8 Å². The van der Waals surface area contributed by atoms with Crippen LogP contribution in [0, 0.1) is 11.7 Å². The minimum absolute atomic E-state index is 0.0866. The van der Waals surface area contributed by atoms with E-state index in [0.717, 1.165) is 48.2 Å². The van der Waals surface area contributed by atoms with Crippen LogP contribution in [0.25, 0.3) is 5.69 Å². The van der Waals surface area contributed by atoms with E-state index in [-0.39, 0.29) is 29.6 Å². The summed E-state index contributed by atoms with van der Waals surface area (Å²) in [6, 6.07) is 26.9. The van der Waals surface area contributed by atoms with Crippen LogP contribution in [0.5, 0.6) is 0 Å². The average Bonchev–Trinajstić information content (AvgIpc) is 3.55. The quantitative estimate of drug-likeness (QED) is 0.314. The Kier molecular flexibility index (Phi) is 6.21. The molecule has 3 aromatic carbocycles. The van der Waals surface area contributed by atoms with Crippen LogP contribution >= 0.6 is 0 Å². The van der Waals surface area contributed by atoms with Gasteiger partial charge in [-0.3, -0.25) is 4.79 Å². The summed E-state index contributed by atoms with van der Waals surface area (Å²) in [4.78, 5) is 13.8. The zero-order valence-corrected chi connectivity index (χ0v) is 20.9. The largest absolute Gasteiger partial charge is 0.348 e. The van der Waals surface area contributed by atoms with Gasteiger partial charge < -0.3 is 5.32 Å². The zero-order chi connectivity index (χ0) is 25.4. The van der Waals surface area contributed by atoms with Gasteiger partial charge >= 0.3 is 0 Å². The fourth-order valence-corrected chi connectivity index (χ4v) is 6.09. The number of hydrogen-bond acceptors (Lipinski definition) is 2. The molecule has 4 aromatic rings. The molecule has 0 spiro atoms. The lowest BCUT2D eigenvalue weighted by atomic mass is 9.79. The Bertz CT molecular complexity index is 1440. The van der Waals surface area contributed by atoms with E-state index in [4.69, 9.17) is 0 Å². The molecular formula is C32H30FN3O. The molecule has 1 N–H and O–H groups in total.